The van der Waals surface area contributed by atoms with Crippen molar-refractivity contribution in [2.24, 2.45) is 0 Å². The molecule has 0 N–H and O–H groups in total. The molecule has 29 heavy (non-hydrogen) atoms. The number of likely N-dealkylation sites (N-methyl/N-ethyl adjacent to an activating group) is 1. The number of hydrogen-bond acceptors (Lipinski definition) is 6. The van der Waals surface area contributed by atoms with Crippen LogP contribution in [0.15, 0.2) is 84.0 Å². The first-order valence-corrected chi connectivity index (χ1v) is 9.52. The van der Waals surface area contributed by atoms with Crippen molar-refractivity contribution >= 4 is 5.82 Å². The van der Waals surface area contributed by atoms with E-state index in [0.717, 1.165) is 24.5 Å². The molecule has 7 nitrogen and oxygen atoms in total. The molecule has 4 aromatic rings. The molecule has 1 aromatic carbocycles. The first kappa shape index (κ1) is 18.7. The zero-order chi connectivity index (χ0) is 19.9. The van der Waals surface area contributed by atoms with Gasteiger partial charge in [0.25, 0.3) is 0 Å². The van der Waals surface area contributed by atoms with Gasteiger partial charge in [-0.3, -0.25) is 0 Å². The maximum atomic E-state index is 5.89. The second-order valence-electron chi connectivity index (χ2n) is 6.73. The minimum Gasteiger partial charge on any atom is -0.492 e. The predicted molar refractivity (Wildman–Crippen MR) is 110 cm³/mol. The van der Waals surface area contributed by atoms with Crippen molar-refractivity contribution < 1.29 is 9.15 Å². The predicted octanol–water partition coefficient (Wildman–Crippen LogP) is 3.61. The molecule has 148 valence electrons. The molecule has 0 bridgehead atoms. The van der Waals surface area contributed by atoms with E-state index in [-0.39, 0.29) is 6.04 Å². The summed E-state index contributed by atoms with van der Waals surface area (Å²) < 4.78 is 13.4. The summed E-state index contributed by atoms with van der Waals surface area (Å²) >= 11 is 0. The van der Waals surface area contributed by atoms with Gasteiger partial charge in [-0.2, -0.15) is 0 Å². The number of rotatable bonds is 9. The highest BCUT2D eigenvalue weighted by molar-refractivity contribution is 5.36. The third kappa shape index (κ3) is 4.82. The largest absolute Gasteiger partial charge is 0.492 e. The number of hydrogen-bond donors (Lipinski definition) is 0. The number of nitrogens with zero attached hydrogens (tertiary/aromatic N) is 5. The van der Waals surface area contributed by atoms with Crippen molar-refractivity contribution in [1.82, 2.24) is 19.7 Å². The van der Waals surface area contributed by atoms with E-state index in [1.54, 1.807) is 6.20 Å². The molecule has 3 heterocycles. The monoisotopic (exact) mass is 389 g/mol. The molecule has 0 aliphatic heterocycles. The van der Waals surface area contributed by atoms with Gasteiger partial charge in [-0.25, -0.2) is 4.98 Å². The molecule has 3 aromatic heterocycles. The Kier molecular flexibility index (Phi) is 5.85. The molecule has 0 fully saturated rings. The highest BCUT2D eigenvalue weighted by atomic mass is 16.5. The molecular formula is C22H23N5O2. The second kappa shape index (κ2) is 9.05. The minimum atomic E-state index is -0.0358. The molecule has 7 heteroatoms. The molecule has 0 aliphatic carbocycles. The molecule has 4 rings (SSSR count). The maximum absolute atomic E-state index is 5.89. The average Bonchev–Trinajstić information content (AvgIpc) is 3.48. The van der Waals surface area contributed by atoms with Crippen LogP contribution in [0.4, 0.5) is 5.82 Å². The van der Waals surface area contributed by atoms with Gasteiger partial charge in [-0.15, -0.1) is 10.2 Å². The van der Waals surface area contributed by atoms with Gasteiger partial charge in [0, 0.05) is 32.1 Å². The van der Waals surface area contributed by atoms with E-state index in [1.807, 2.05) is 61.9 Å². The number of benzene rings is 1. The van der Waals surface area contributed by atoms with Crippen LogP contribution < -0.4 is 9.64 Å². The van der Waals surface area contributed by atoms with E-state index in [4.69, 9.17) is 9.15 Å². The Morgan fingerprint density at radius 3 is 2.59 bits per heavy atom. The fourth-order valence-corrected chi connectivity index (χ4v) is 3.14. The van der Waals surface area contributed by atoms with Crippen LogP contribution in [0, 0.1) is 0 Å². The topological polar surface area (TPSA) is 69.2 Å². The highest BCUT2D eigenvalue weighted by Crippen LogP contribution is 2.23. The molecule has 0 aliphatic rings. The standard InChI is InChI=1S/C22H23N5O2/c1-26(21-6-2-3-11-23-21)14-15-28-19-9-7-18(8-10-19)16-20(22-25-24-17-29-22)27-12-4-5-13-27/h2-13,17,20H,14-16H2,1H3/t20-/m1/s1. The number of ether oxygens (including phenoxy) is 1. The summed E-state index contributed by atoms with van der Waals surface area (Å²) in [6.07, 6.45) is 7.92. The van der Waals surface area contributed by atoms with Crippen LogP contribution in [0.5, 0.6) is 5.75 Å². The molecule has 0 radical (unpaired) electrons. The lowest BCUT2D eigenvalue weighted by Gasteiger charge is -2.18. The van der Waals surface area contributed by atoms with Crippen LogP contribution in [0.3, 0.4) is 0 Å². The van der Waals surface area contributed by atoms with Crippen molar-refractivity contribution in [3.05, 3.63) is 91.0 Å². The van der Waals surface area contributed by atoms with Crippen molar-refractivity contribution in [2.45, 2.75) is 12.5 Å². The lowest BCUT2D eigenvalue weighted by molar-refractivity contribution is 0.325. The molecule has 0 saturated carbocycles. The van der Waals surface area contributed by atoms with E-state index in [1.165, 1.54) is 12.0 Å². The minimum absolute atomic E-state index is 0.0358. The van der Waals surface area contributed by atoms with Crippen LogP contribution >= 0.6 is 0 Å². The number of pyridine rings is 1. The van der Waals surface area contributed by atoms with Gasteiger partial charge in [0.2, 0.25) is 12.3 Å². The molecule has 0 spiro atoms. The van der Waals surface area contributed by atoms with Gasteiger partial charge in [0.1, 0.15) is 24.2 Å². The molecule has 0 amide bonds. The summed E-state index contributed by atoms with van der Waals surface area (Å²) in [4.78, 5) is 6.41. The number of aromatic nitrogens is 4. The first-order valence-electron chi connectivity index (χ1n) is 9.52. The Bertz CT molecular complexity index is 936. The summed E-state index contributed by atoms with van der Waals surface area (Å²) in [6.45, 7) is 1.34. The molecule has 0 saturated heterocycles. The van der Waals surface area contributed by atoms with Gasteiger partial charge in [0.15, 0.2) is 0 Å². The van der Waals surface area contributed by atoms with Gasteiger partial charge in [-0.1, -0.05) is 18.2 Å². The molecule has 1 atom stereocenters. The van der Waals surface area contributed by atoms with E-state index < -0.39 is 0 Å². The van der Waals surface area contributed by atoms with Crippen LogP contribution in [-0.4, -0.2) is 39.9 Å². The quantitative estimate of drug-likeness (QED) is 0.436. The van der Waals surface area contributed by atoms with Crippen LogP contribution in [0.25, 0.3) is 0 Å². The van der Waals surface area contributed by atoms with Gasteiger partial charge < -0.3 is 18.6 Å². The first-order chi connectivity index (χ1) is 14.3. The average molecular weight is 389 g/mol. The Balaban J connectivity index is 1.34. The molecule has 0 unspecified atom stereocenters. The van der Waals surface area contributed by atoms with E-state index in [9.17, 15) is 0 Å². The Hall–Kier alpha value is -3.61. The van der Waals surface area contributed by atoms with Crippen LogP contribution in [-0.2, 0) is 6.42 Å². The Morgan fingerprint density at radius 1 is 1.07 bits per heavy atom. The zero-order valence-corrected chi connectivity index (χ0v) is 16.3. The van der Waals surface area contributed by atoms with Gasteiger partial charge in [0.05, 0.1) is 6.54 Å². The summed E-state index contributed by atoms with van der Waals surface area (Å²) in [5, 5.41) is 7.92. The number of anilines is 1. The smallest absolute Gasteiger partial charge is 0.239 e. The fourth-order valence-electron chi connectivity index (χ4n) is 3.14. The van der Waals surface area contributed by atoms with E-state index in [2.05, 4.69) is 36.8 Å². The normalized spacial score (nSPS) is 11.9. The third-order valence-electron chi connectivity index (χ3n) is 4.74. The van der Waals surface area contributed by atoms with Gasteiger partial charge in [-0.05, 0) is 42.0 Å². The van der Waals surface area contributed by atoms with Crippen molar-refractivity contribution in [3.8, 4) is 5.75 Å². The molecular weight excluding hydrogens is 366 g/mol. The lowest BCUT2D eigenvalue weighted by Crippen LogP contribution is -2.24. The van der Waals surface area contributed by atoms with Crippen molar-refractivity contribution in [2.75, 3.05) is 25.1 Å². The maximum Gasteiger partial charge on any atom is 0.239 e. The fraction of sp³-hybridized carbons (Fsp3) is 0.227. The summed E-state index contributed by atoms with van der Waals surface area (Å²) in [5.41, 5.74) is 1.17. The van der Waals surface area contributed by atoms with Crippen LogP contribution in [0.1, 0.15) is 17.5 Å². The van der Waals surface area contributed by atoms with E-state index in [0.29, 0.717) is 12.5 Å². The summed E-state index contributed by atoms with van der Waals surface area (Å²) in [6, 6.07) is 18.0. The van der Waals surface area contributed by atoms with Crippen molar-refractivity contribution in [1.29, 1.82) is 0 Å². The van der Waals surface area contributed by atoms with Gasteiger partial charge >= 0.3 is 0 Å². The van der Waals surface area contributed by atoms with E-state index >= 15 is 0 Å². The highest BCUT2D eigenvalue weighted by Gasteiger charge is 2.18. The SMILES string of the molecule is CN(CCOc1ccc(C[C@H](c2nnco2)n2cccc2)cc1)c1ccccn1. The van der Waals surface area contributed by atoms with Crippen LogP contribution in [0.2, 0.25) is 0 Å². The zero-order valence-electron chi connectivity index (χ0n) is 16.3. The summed E-state index contributed by atoms with van der Waals surface area (Å²) in [7, 11) is 2.01. The van der Waals surface area contributed by atoms with Crippen molar-refractivity contribution in [3.63, 3.8) is 0 Å². The summed E-state index contributed by atoms with van der Waals surface area (Å²) in [5.74, 6) is 2.38. The lowest BCUT2D eigenvalue weighted by atomic mass is 10.1. The Morgan fingerprint density at radius 2 is 1.90 bits per heavy atom. The second-order valence-corrected chi connectivity index (χ2v) is 6.73. The Labute approximate surface area is 169 Å². The third-order valence-corrected chi connectivity index (χ3v) is 4.74.